The standard InChI is InChI=1S/C24H26N6O4S/c1-5-12-35-24-27-23-25-15(3)20(22(31)26-17-9-6-14(2)7-10-17)21(29(23)28-24)16-8-11-19(34-4)18(13-16)30(32)33/h6-11,13,21H,5,12H2,1-4H3,(H,26,31)(H,25,27,28). The Bertz CT molecular complexity index is 1300. The molecular formula is C24H26N6O4S. The minimum Gasteiger partial charge on any atom is -0.490 e. The number of thioether (sulfide) groups is 1. The summed E-state index contributed by atoms with van der Waals surface area (Å²) in [7, 11) is 1.38. The minimum atomic E-state index is -0.732. The van der Waals surface area contributed by atoms with Gasteiger partial charge in [0.1, 0.15) is 6.04 Å². The number of methoxy groups -OCH3 is 1. The lowest BCUT2D eigenvalue weighted by Crippen LogP contribution is -2.31. The number of carbonyl (C=O) groups excluding carboxylic acids is 1. The zero-order valence-electron chi connectivity index (χ0n) is 19.9. The van der Waals surface area contributed by atoms with Gasteiger partial charge in [-0.1, -0.05) is 42.4 Å². The van der Waals surface area contributed by atoms with Crippen LogP contribution in [-0.4, -0.2) is 38.5 Å². The van der Waals surface area contributed by atoms with Crippen molar-refractivity contribution < 1.29 is 14.5 Å². The molecule has 182 valence electrons. The van der Waals surface area contributed by atoms with Crippen molar-refractivity contribution in [1.82, 2.24) is 14.8 Å². The monoisotopic (exact) mass is 494 g/mol. The van der Waals surface area contributed by atoms with Crippen LogP contribution in [0.3, 0.4) is 0 Å². The van der Waals surface area contributed by atoms with Crippen LogP contribution < -0.4 is 15.4 Å². The Kier molecular flexibility index (Phi) is 7.06. The van der Waals surface area contributed by atoms with Crippen LogP contribution >= 0.6 is 11.8 Å². The van der Waals surface area contributed by atoms with Crippen LogP contribution in [-0.2, 0) is 4.79 Å². The van der Waals surface area contributed by atoms with Crippen LogP contribution in [0.5, 0.6) is 5.75 Å². The van der Waals surface area contributed by atoms with Gasteiger partial charge in [-0.3, -0.25) is 14.9 Å². The van der Waals surface area contributed by atoms with Crippen molar-refractivity contribution in [3.05, 3.63) is 75.0 Å². The molecule has 1 aromatic heterocycles. The summed E-state index contributed by atoms with van der Waals surface area (Å²) in [6, 6.07) is 11.4. The first-order valence-electron chi connectivity index (χ1n) is 11.1. The molecule has 0 radical (unpaired) electrons. The predicted octanol–water partition coefficient (Wildman–Crippen LogP) is 4.93. The van der Waals surface area contributed by atoms with Crippen molar-refractivity contribution in [2.75, 3.05) is 23.5 Å². The number of aryl methyl sites for hydroxylation is 1. The number of nitro groups is 1. The summed E-state index contributed by atoms with van der Waals surface area (Å²) in [6.45, 7) is 5.82. The molecule has 0 saturated heterocycles. The van der Waals surface area contributed by atoms with Crippen LogP contribution in [0, 0.1) is 17.0 Å². The van der Waals surface area contributed by atoms with E-state index in [1.165, 1.54) is 31.0 Å². The van der Waals surface area contributed by atoms with Gasteiger partial charge in [0, 0.05) is 23.2 Å². The highest BCUT2D eigenvalue weighted by molar-refractivity contribution is 7.99. The number of aromatic nitrogens is 3. The lowest BCUT2D eigenvalue weighted by molar-refractivity contribution is -0.385. The summed E-state index contributed by atoms with van der Waals surface area (Å²) in [6.07, 6.45) is 0.956. The zero-order chi connectivity index (χ0) is 25.1. The van der Waals surface area contributed by atoms with Gasteiger partial charge >= 0.3 is 5.69 Å². The van der Waals surface area contributed by atoms with Crippen LogP contribution in [0.4, 0.5) is 17.3 Å². The second-order valence-corrected chi connectivity index (χ2v) is 9.15. The van der Waals surface area contributed by atoms with Gasteiger partial charge in [-0.05, 0) is 44.0 Å². The average Bonchev–Trinajstić information content (AvgIpc) is 3.25. The molecule has 11 heteroatoms. The summed E-state index contributed by atoms with van der Waals surface area (Å²) >= 11 is 1.51. The number of carbonyl (C=O) groups is 1. The Balaban J connectivity index is 1.81. The molecule has 1 aliphatic heterocycles. The number of anilines is 2. The number of nitro benzene ring substituents is 1. The van der Waals surface area contributed by atoms with Crippen LogP contribution in [0.1, 0.15) is 37.4 Å². The Hall–Kier alpha value is -3.86. The lowest BCUT2D eigenvalue weighted by atomic mass is 9.94. The lowest BCUT2D eigenvalue weighted by Gasteiger charge is -2.28. The third-order valence-corrected chi connectivity index (χ3v) is 6.58. The molecule has 0 aliphatic carbocycles. The Morgan fingerprint density at radius 3 is 2.66 bits per heavy atom. The van der Waals surface area contributed by atoms with Gasteiger partial charge in [0.2, 0.25) is 11.1 Å². The molecule has 0 spiro atoms. The minimum absolute atomic E-state index is 0.136. The fraction of sp³-hybridized carbons (Fsp3) is 0.292. The SMILES string of the molecule is CCCSc1nc2n(n1)C(c1ccc(OC)c([N+](=O)[O-])c1)C(C(=O)Nc1ccc(C)cc1)=C(C)N2. The maximum Gasteiger partial charge on any atom is 0.311 e. The number of hydrogen-bond donors (Lipinski definition) is 2. The smallest absolute Gasteiger partial charge is 0.311 e. The molecule has 1 atom stereocenters. The molecule has 4 rings (SSSR count). The summed E-state index contributed by atoms with van der Waals surface area (Å²) in [5, 5.41) is 23.0. The van der Waals surface area contributed by atoms with E-state index in [9.17, 15) is 14.9 Å². The Labute approximate surface area is 206 Å². The molecule has 0 saturated carbocycles. The van der Waals surface area contributed by atoms with Crippen molar-refractivity contribution in [2.45, 2.75) is 38.4 Å². The number of benzene rings is 2. The van der Waals surface area contributed by atoms with Gasteiger partial charge in [-0.15, -0.1) is 5.10 Å². The number of allylic oxidation sites excluding steroid dienone is 1. The summed E-state index contributed by atoms with van der Waals surface area (Å²) < 4.78 is 6.78. The molecule has 10 nitrogen and oxygen atoms in total. The van der Waals surface area contributed by atoms with Crippen molar-refractivity contribution >= 4 is 35.0 Å². The summed E-state index contributed by atoms with van der Waals surface area (Å²) in [5.41, 5.74) is 3.02. The molecule has 2 aromatic carbocycles. The van der Waals surface area contributed by atoms with E-state index in [1.807, 2.05) is 31.2 Å². The van der Waals surface area contributed by atoms with Crippen LogP contribution in [0.25, 0.3) is 0 Å². The molecule has 35 heavy (non-hydrogen) atoms. The molecular weight excluding hydrogens is 468 g/mol. The molecule has 1 unspecified atom stereocenters. The Morgan fingerprint density at radius 2 is 2.00 bits per heavy atom. The number of amides is 1. The topological polar surface area (TPSA) is 124 Å². The first kappa shape index (κ1) is 24.3. The summed E-state index contributed by atoms with van der Waals surface area (Å²) in [4.78, 5) is 29.3. The third-order valence-electron chi connectivity index (χ3n) is 5.54. The van der Waals surface area contributed by atoms with Crippen LogP contribution in [0.15, 0.2) is 58.9 Å². The molecule has 1 aliphatic rings. The molecule has 2 N–H and O–H groups in total. The fourth-order valence-corrected chi connectivity index (χ4v) is 4.53. The van der Waals surface area contributed by atoms with E-state index in [0.717, 1.165) is 17.7 Å². The first-order valence-corrected chi connectivity index (χ1v) is 12.1. The molecule has 0 bridgehead atoms. The van der Waals surface area contributed by atoms with Crippen molar-refractivity contribution in [1.29, 1.82) is 0 Å². The second-order valence-electron chi connectivity index (χ2n) is 8.09. The van der Waals surface area contributed by atoms with E-state index < -0.39 is 11.0 Å². The Morgan fingerprint density at radius 1 is 1.26 bits per heavy atom. The van der Waals surface area contributed by atoms with Crippen LogP contribution in [0.2, 0.25) is 0 Å². The van der Waals surface area contributed by atoms with E-state index >= 15 is 0 Å². The molecule has 0 fully saturated rings. The second kappa shape index (κ2) is 10.2. The van der Waals surface area contributed by atoms with E-state index in [4.69, 9.17) is 4.74 Å². The number of rotatable bonds is 8. The largest absolute Gasteiger partial charge is 0.490 e. The fourth-order valence-electron chi connectivity index (χ4n) is 3.84. The third kappa shape index (κ3) is 4.99. The average molecular weight is 495 g/mol. The van der Waals surface area contributed by atoms with Crippen molar-refractivity contribution in [2.24, 2.45) is 0 Å². The van der Waals surface area contributed by atoms with E-state index in [-0.39, 0.29) is 17.3 Å². The highest BCUT2D eigenvalue weighted by Gasteiger charge is 2.35. The number of ether oxygens (including phenoxy) is 1. The highest BCUT2D eigenvalue weighted by Crippen LogP contribution is 2.39. The normalized spacial score (nSPS) is 14.8. The van der Waals surface area contributed by atoms with Gasteiger partial charge < -0.3 is 15.4 Å². The van der Waals surface area contributed by atoms with Gasteiger partial charge in [0.05, 0.1) is 17.6 Å². The number of fused-ring (bicyclic) bond motifs is 1. The predicted molar refractivity (Wildman–Crippen MR) is 135 cm³/mol. The van der Waals surface area contributed by atoms with Gasteiger partial charge in [0.15, 0.2) is 5.75 Å². The summed E-state index contributed by atoms with van der Waals surface area (Å²) in [5.74, 6) is 1.11. The zero-order valence-corrected chi connectivity index (χ0v) is 20.7. The number of nitrogens with zero attached hydrogens (tertiary/aromatic N) is 4. The highest BCUT2D eigenvalue weighted by atomic mass is 32.2. The maximum atomic E-state index is 13.5. The maximum absolute atomic E-state index is 13.5. The first-order chi connectivity index (χ1) is 16.8. The molecule has 1 amide bonds. The molecule has 2 heterocycles. The van der Waals surface area contributed by atoms with Gasteiger partial charge in [-0.25, -0.2) is 4.68 Å². The van der Waals surface area contributed by atoms with Gasteiger partial charge in [-0.2, -0.15) is 4.98 Å². The van der Waals surface area contributed by atoms with Gasteiger partial charge in [0.25, 0.3) is 5.91 Å². The van der Waals surface area contributed by atoms with E-state index in [2.05, 4.69) is 27.6 Å². The van der Waals surface area contributed by atoms with E-state index in [1.54, 1.807) is 17.7 Å². The van der Waals surface area contributed by atoms with Crippen molar-refractivity contribution in [3.8, 4) is 5.75 Å². The molecule has 3 aromatic rings. The van der Waals surface area contributed by atoms with Crippen molar-refractivity contribution in [3.63, 3.8) is 0 Å². The van der Waals surface area contributed by atoms with E-state index in [0.29, 0.717) is 33.6 Å². The number of hydrogen-bond acceptors (Lipinski definition) is 8. The quantitative estimate of drug-likeness (QED) is 0.257. The number of nitrogens with one attached hydrogen (secondary N) is 2.